The largest absolute Gasteiger partial charge is 0.489 e. The highest BCUT2D eigenvalue weighted by atomic mass is 32.1. The van der Waals surface area contributed by atoms with Gasteiger partial charge >= 0.3 is 5.97 Å². The molecule has 3 rings (SSSR count). The summed E-state index contributed by atoms with van der Waals surface area (Å²) >= 11 is 5.02. The maximum Gasteiger partial charge on any atom is 0.306 e. The number of thiocarbonyl (C=S) groups is 1. The van der Waals surface area contributed by atoms with Crippen molar-refractivity contribution in [3.8, 4) is 5.75 Å². The van der Waals surface area contributed by atoms with Gasteiger partial charge < -0.3 is 14.8 Å². The number of nitrogens with one attached hydrogen (secondary N) is 3. The van der Waals surface area contributed by atoms with E-state index in [0.29, 0.717) is 30.9 Å². The number of carbonyl (C=O) groups is 3. The number of ether oxygens (including phenoxy) is 2. The first kappa shape index (κ1) is 27.3. The van der Waals surface area contributed by atoms with E-state index in [2.05, 4.69) is 16.2 Å². The Morgan fingerprint density at radius 2 is 1.41 bits per heavy atom. The van der Waals surface area contributed by atoms with Crippen molar-refractivity contribution in [3.63, 3.8) is 0 Å². The van der Waals surface area contributed by atoms with E-state index in [9.17, 15) is 14.4 Å². The van der Waals surface area contributed by atoms with Crippen molar-refractivity contribution < 1.29 is 23.9 Å². The third kappa shape index (κ3) is 10.5. The fourth-order valence-corrected chi connectivity index (χ4v) is 3.41. The average Bonchev–Trinajstić information content (AvgIpc) is 2.93. The van der Waals surface area contributed by atoms with Gasteiger partial charge in [0.1, 0.15) is 12.4 Å². The van der Waals surface area contributed by atoms with Gasteiger partial charge in [0, 0.05) is 12.0 Å². The number of hydrazine groups is 1. The minimum Gasteiger partial charge on any atom is -0.489 e. The quantitative estimate of drug-likeness (QED) is 0.153. The van der Waals surface area contributed by atoms with Gasteiger partial charge in [0.2, 0.25) is 5.91 Å². The molecule has 0 radical (unpaired) electrons. The van der Waals surface area contributed by atoms with E-state index >= 15 is 0 Å². The smallest absolute Gasteiger partial charge is 0.306 e. The molecule has 9 heteroatoms. The molecule has 3 aromatic carbocycles. The summed E-state index contributed by atoms with van der Waals surface area (Å²) < 4.78 is 10.9. The Labute approximate surface area is 221 Å². The lowest BCUT2D eigenvalue weighted by atomic mass is 10.1. The first-order valence-corrected chi connectivity index (χ1v) is 12.3. The zero-order chi connectivity index (χ0) is 26.3. The molecule has 0 unspecified atom stereocenters. The van der Waals surface area contributed by atoms with E-state index in [1.165, 1.54) is 5.56 Å². The van der Waals surface area contributed by atoms with Crippen LogP contribution < -0.4 is 20.9 Å². The summed E-state index contributed by atoms with van der Waals surface area (Å²) in [6.07, 6.45) is 1.37. The SMILES string of the molecule is O=C(CCC(=O)OCCCc1ccccc1)NC(=S)NNC(=O)c1ccc(OCc2ccccc2)cc1. The molecule has 2 amide bonds. The fraction of sp³-hybridized carbons (Fsp3) is 0.214. The number of rotatable bonds is 11. The zero-order valence-corrected chi connectivity index (χ0v) is 21.1. The van der Waals surface area contributed by atoms with Crippen LogP contribution in [0.3, 0.4) is 0 Å². The van der Waals surface area contributed by atoms with Crippen molar-refractivity contribution in [1.82, 2.24) is 16.2 Å². The summed E-state index contributed by atoms with van der Waals surface area (Å²) in [6.45, 7) is 0.718. The van der Waals surface area contributed by atoms with E-state index < -0.39 is 17.8 Å². The van der Waals surface area contributed by atoms with Crippen LogP contribution in [-0.4, -0.2) is 29.5 Å². The third-order valence-corrected chi connectivity index (χ3v) is 5.38. The van der Waals surface area contributed by atoms with Gasteiger partial charge in [0.15, 0.2) is 5.11 Å². The molecule has 192 valence electrons. The van der Waals surface area contributed by atoms with Gasteiger partial charge in [0.25, 0.3) is 5.91 Å². The van der Waals surface area contributed by atoms with E-state index in [0.717, 1.165) is 12.0 Å². The molecule has 0 fully saturated rings. The Bertz CT molecular complexity index is 1170. The maximum atomic E-state index is 12.3. The van der Waals surface area contributed by atoms with Gasteiger partial charge in [-0.2, -0.15) is 0 Å². The highest BCUT2D eigenvalue weighted by molar-refractivity contribution is 7.80. The van der Waals surface area contributed by atoms with Crippen molar-refractivity contribution in [2.24, 2.45) is 0 Å². The average molecular weight is 520 g/mol. The second-order valence-corrected chi connectivity index (χ2v) is 8.47. The molecule has 0 saturated carbocycles. The molecule has 0 saturated heterocycles. The third-order valence-electron chi connectivity index (χ3n) is 5.18. The normalized spacial score (nSPS) is 10.2. The lowest BCUT2D eigenvalue weighted by Crippen LogP contribution is -2.48. The molecule has 0 atom stereocenters. The molecule has 3 N–H and O–H groups in total. The number of esters is 1. The van der Waals surface area contributed by atoms with Crippen molar-refractivity contribution in [3.05, 3.63) is 102 Å². The Morgan fingerprint density at radius 1 is 0.757 bits per heavy atom. The van der Waals surface area contributed by atoms with Crippen LogP contribution in [-0.2, 0) is 27.4 Å². The molecular formula is C28H29N3O5S. The van der Waals surface area contributed by atoms with Gasteiger partial charge in [-0.05, 0) is 60.5 Å². The van der Waals surface area contributed by atoms with Crippen LogP contribution in [0.4, 0.5) is 0 Å². The lowest BCUT2D eigenvalue weighted by Gasteiger charge is -2.11. The summed E-state index contributed by atoms with van der Waals surface area (Å²) in [6, 6.07) is 26.3. The number of hydrogen-bond acceptors (Lipinski definition) is 6. The minimum absolute atomic E-state index is 0.0646. The van der Waals surface area contributed by atoms with Crippen LogP contribution >= 0.6 is 12.2 Å². The molecular weight excluding hydrogens is 490 g/mol. The Balaban J connectivity index is 1.27. The Hall–Kier alpha value is -4.24. The van der Waals surface area contributed by atoms with Gasteiger partial charge in [-0.15, -0.1) is 0 Å². The van der Waals surface area contributed by atoms with Crippen molar-refractivity contribution in [1.29, 1.82) is 0 Å². The summed E-state index contributed by atoms with van der Waals surface area (Å²) in [5.74, 6) is -0.726. The van der Waals surface area contributed by atoms with Crippen LogP contribution in [0.1, 0.15) is 40.7 Å². The molecule has 8 nitrogen and oxygen atoms in total. The summed E-state index contributed by atoms with van der Waals surface area (Å²) in [5.41, 5.74) is 7.48. The number of carbonyl (C=O) groups excluding carboxylic acids is 3. The summed E-state index contributed by atoms with van der Waals surface area (Å²) in [7, 11) is 0. The first-order chi connectivity index (χ1) is 18.0. The van der Waals surface area contributed by atoms with Gasteiger partial charge in [-0.25, -0.2) is 0 Å². The van der Waals surface area contributed by atoms with E-state index in [1.54, 1.807) is 24.3 Å². The lowest BCUT2D eigenvalue weighted by molar-refractivity contribution is -0.145. The molecule has 0 aliphatic heterocycles. The van der Waals surface area contributed by atoms with Crippen molar-refractivity contribution in [2.75, 3.05) is 6.61 Å². The fourth-order valence-electron chi connectivity index (χ4n) is 3.24. The predicted octanol–water partition coefficient (Wildman–Crippen LogP) is 3.86. The van der Waals surface area contributed by atoms with Crippen molar-refractivity contribution >= 4 is 35.1 Å². The van der Waals surface area contributed by atoms with Crippen LogP contribution in [0, 0.1) is 0 Å². The minimum atomic E-state index is -0.465. The van der Waals surface area contributed by atoms with Crippen LogP contribution in [0.25, 0.3) is 0 Å². The Kier molecular flexibility index (Phi) is 11.1. The van der Waals surface area contributed by atoms with Crippen molar-refractivity contribution in [2.45, 2.75) is 32.3 Å². The number of amides is 2. The molecule has 0 aliphatic carbocycles. The predicted molar refractivity (Wildman–Crippen MR) is 144 cm³/mol. The monoisotopic (exact) mass is 519 g/mol. The number of hydrogen-bond donors (Lipinski definition) is 3. The molecule has 0 spiro atoms. The van der Waals surface area contributed by atoms with Crippen LogP contribution in [0.15, 0.2) is 84.9 Å². The van der Waals surface area contributed by atoms with E-state index in [4.69, 9.17) is 21.7 Å². The van der Waals surface area contributed by atoms with Gasteiger partial charge in [-0.3, -0.25) is 25.2 Å². The molecule has 0 heterocycles. The van der Waals surface area contributed by atoms with Crippen LogP contribution in [0.2, 0.25) is 0 Å². The highest BCUT2D eigenvalue weighted by Crippen LogP contribution is 2.14. The topological polar surface area (TPSA) is 106 Å². The first-order valence-electron chi connectivity index (χ1n) is 11.9. The molecule has 0 aliphatic rings. The second-order valence-electron chi connectivity index (χ2n) is 8.06. The van der Waals surface area contributed by atoms with E-state index in [1.807, 2.05) is 60.7 Å². The highest BCUT2D eigenvalue weighted by Gasteiger charge is 2.11. The van der Waals surface area contributed by atoms with Crippen LogP contribution in [0.5, 0.6) is 5.75 Å². The number of aryl methyl sites for hydroxylation is 1. The number of benzene rings is 3. The summed E-state index contributed by atoms with van der Waals surface area (Å²) in [4.78, 5) is 36.2. The Morgan fingerprint density at radius 3 is 2.08 bits per heavy atom. The maximum absolute atomic E-state index is 12.3. The molecule has 0 bridgehead atoms. The second kappa shape index (κ2) is 15.0. The molecule has 0 aromatic heterocycles. The summed E-state index contributed by atoms with van der Waals surface area (Å²) in [5, 5.41) is 2.33. The standard InChI is InChI=1S/C28H29N3O5S/c32-25(17-18-26(33)35-19-7-12-21-8-3-1-4-9-21)29-28(37)31-30-27(34)23-13-15-24(16-14-23)36-20-22-10-5-2-6-11-22/h1-6,8-11,13-16H,7,12,17-20H2,(H,30,34)(H2,29,31,32,37). The van der Waals surface area contributed by atoms with Gasteiger partial charge in [-0.1, -0.05) is 60.7 Å². The molecule has 37 heavy (non-hydrogen) atoms. The van der Waals surface area contributed by atoms with E-state index in [-0.39, 0.29) is 18.0 Å². The molecule has 3 aromatic rings. The zero-order valence-electron chi connectivity index (χ0n) is 20.3. The van der Waals surface area contributed by atoms with Gasteiger partial charge in [0.05, 0.1) is 13.0 Å².